The Balaban J connectivity index is 2.05. The molecule has 1 aromatic carbocycles. The first kappa shape index (κ1) is 14.3. The number of aromatic nitrogens is 2. The lowest BCUT2D eigenvalue weighted by atomic mass is 10.2. The van der Waals surface area contributed by atoms with E-state index in [1.807, 2.05) is 0 Å². The third kappa shape index (κ3) is 2.27. The second-order valence-corrected chi connectivity index (χ2v) is 5.52. The van der Waals surface area contributed by atoms with Gasteiger partial charge in [0.15, 0.2) is 0 Å². The summed E-state index contributed by atoms with van der Waals surface area (Å²) in [6.07, 6.45) is 1.23. The third-order valence-corrected chi connectivity index (χ3v) is 4.34. The van der Waals surface area contributed by atoms with E-state index >= 15 is 0 Å². The number of anilines is 1. The van der Waals surface area contributed by atoms with Gasteiger partial charge in [-0.2, -0.15) is 0 Å². The minimum Gasteiger partial charge on any atom is -0.316 e. The van der Waals surface area contributed by atoms with Crippen molar-refractivity contribution in [2.75, 3.05) is 5.32 Å². The molecule has 0 aliphatic rings. The molecule has 112 valence electrons. The third-order valence-electron chi connectivity index (χ3n) is 3.14. The van der Waals surface area contributed by atoms with Crippen LogP contribution in [0.2, 0.25) is 0 Å². The van der Waals surface area contributed by atoms with Crippen molar-refractivity contribution in [3.8, 4) is 0 Å². The highest BCUT2D eigenvalue weighted by molar-refractivity contribution is 7.20. The van der Waals surface area contributed by atoms with Crippen molar-refractivity contribution in [1.29, 1.82) is 0 Å². The number of carbonyl (C=O) groups is 1. The van der Waals surface area contributed by atoms with Crippen molar-refractivity contribution in [3.05, 3.63) is 57.0 Å². The fourth-order valence-electron chi connectivity index (χ4n) is 2.08. The molecule has 0 spiro atoms. The van der Waals surface area contributed by atoms with Gasteiger partial charge in [-0.3, -0.25) is 9.59 Å². The topological polar surface area (TPSA) is 74.8 Å². The quantitative estimate of drug-likeness (QED) is 0.762. The number of rotatable bonds is 2. The van der Waals surface area contributed by atoms with Crippen LogP contribution in [0, 0.1) is 18.6 Å². The van der Waals surface area contributed by atoms with Gasteiger partial charge in [0.25, 0.3) is 11.5 Å². The lowest BCUT2D eigenvalue weighted by molar-refractivity contribution is 0.102. The predicted octanol–water partition coefficient (Wildman–Crippen LogP) is 2.82. The number of hydrogen-bond donors (Lipinski definition) is 2. The van der Waals surface area contributed by atoms with E-state index in [9.17, 15) is 18.4 Å². The number of halogens is 2. The van der Waals surface area contributed by atoms with E-state index in [2.05, 4.69) is 15.3 Å². The molecule has 0 aliphatic heterocycles. The van der Waals surface area contributed by atoms with Crippen molar-refractivity contribution >= 4 is 33.1 Å². The molecule has 2 N–H and O–H groups in total. The summed E-state index contributed by atoms with van der Waals surface area (Å²) >= 11 is 0.989. The van der Waals surface area contributed by atoms with Gasteiger partial charge in [0, 0.05) is 0 Å². The Kier molecular flexibility index (Phi) is 3.45. The molecule has 0 radical (unpaired) electrons. The maximum Gasteiger partial charge on any atom is 0.266 e. The molecule has 22 heavy (non-hydrogen) atoms. The number of H-pyrrole nitrogens is 1. The fourth-order valence-corrected chi connectivity index (χ4v) is 3.13. The maximum absolute atomic E-state index is 13.6. The Bertz CT molecular complexity index is 929. The van der Waals surface area contributed by atoms with Gasteiger partial charge in [0.05, 0.1) is 16.6 Å². The van der Waals surface area contributed by atoms with Gasteiger partial charge in [-0.1, -0.05) is 6.07 Å². The van der Waals surface area contributed by atoms with Crippen molar-refractivity contribution in [3.63, 3.8) is 0 Å². The first-order valence-corrected chi connectivity index (χ1v) is 7.03. The van der Waals surface area contributed by atoms with Crippen LogP contribution in [0.5, 0.6) is 0 Å². The molecule has 3 aromatic rings. The normalized spacial score (nSPS) is 10.9. The number of benzene rings is 1. The molecule has 0 fully saturated rings. The van der Waals surface area contributed by atoms with Gasteiger partial charge in [0.1, 0.15) is 22.2 Å². The lowest BCUT2D eigenvalue weighted by Crippen LogP contribution is -2.14. The number of amides is 1. The van der Waals surface area contributed by atoms with Crippen LogP contribution in [-0.2, 0) is 0 Å². The van der Waals surface area contributed by atoms with E-state index in [1.54, 1.807) is 6.92 Å². The van der Waals surface area contributed by atoms with Crippen LogP contribution >= 0.6 is 11.3 Å². The molecule has 8 heteroatoms. The van der Waals surface area contributed by atoms with Crippen LogP contribution in [0.4, 0.5) is 14.5 Å². The summed E-state index contributed by atoms with van der Waals surface area (Å²) in [5.74, 6) is -2.44. The maximum atomic E-state index is 13.6. The van der Waals surface area contributed by atoms with Gasteiger partial charge >= 0.3 is 0 Å². The summed E-state index contributed by atoms with van der Waals surface area (Å²) in [6, 6.07) is 3.29. The Morgan fingerprint density at radius 3 is 2.64 bits per heavy atom. The number of aryl methyl sites for hydroxylation is 1. The van der Waals surface area contributed by atoms with Crippen molar-refractivity contribution in [2.24, 2.45) is 0 Å². The molecular weight excluding hydrogens is 312 g/mol. The largest absolute Gasteiger partial charge is 0.316 e. The summed E-state index contributed by atoms with van der Waals surface area (Å²) in [7, 11) is 0. The van der Waals surface area contributed by atoms with Crippen LogP contribution in [0.15, 0.2) is 29.3 Å². The van der Waals surface area contributed by atoms with E-state index in [0.717, 1.165) is 23.5 Å². The molecule has 0 unspecified atom stereocenters. The molecular formula is C14H9F2N3O2S. The van der Waals surface area contributed by atoms with E-state index in [-0.39, 0.29) is 10.4 Å². The zero-order valence-electron chi connectivity index (χ0n) is 11.2. The van der Waals surface area contributed by atoms with E-state index in [0.29, 0.717) is 15.8 Å². The minimum absolute atomic E-state index is 0.182. The number of para-hydroxylation sites is 1. The standard InChI is InChI=1S/C14H9F2N3O2S/c1-6-9-12(20)17-5-18-14(9)22-11(6)13(21)19-10-7(15)3-2-4-8(10)16/h2-5H,1H3,(H,19,21)(H,17,18,20). The average molecular weight is 321 g/mol. The number of nitrogens with one attached hydrogen (secondary N) is 2. The number of thiophene rings is 1. The summed E-state index contributed by atoms with van der Waals surface area (Å²) in [5, 5.41) is 2.50. The lowest BCUT2D eigenvalue weighted by Gasteiger charge is -2.06. The molecule has 0 aliphatic carbocycles. The van der Waals surface area contributed by atoms with Gasteiger partial charge in [-0.05, 0) is 24.6 Å². The number of nitrogens with zero attached hydrogens (tertiary/aromatic N) is 1. The highest BCUT2D eigenvalue weighted by atomic mass is 32.1. The van der Waals surface area contributed by atoms with Crippen molar-refractivity contribution in [2.45, 2.75) is 6.92 Å². The van der Waals surface area contributed by atoms with Crippen LogP contribution in [0.3, 0.4) is 0 Å². The zero-order valence-corrected chi connectivity index (χ0v) is 12.1. The predicted molar refractivity (Wildman–Crippen MR) is 79.3 cm³/mol. The smallest absolute Gasteiger partial charge is 0.266 e. The first-order chi connectivity index (χ1) is 10.5. The molecule has 0 saturated heterocycles. The van der Waals surface area contributed by atoms with Crippen molar-refractivity contribution < 1.29 is 13.6 Å². The van der Waals surface area contributed by atoms with Crippen LogP contribution in [-0.4, -0.2) is 15.9 Å². The molecule has 2 aromatic heterocycles. The Morgan fingerprint density at radius 1 is 1.32 bits per heavy atom. The summed E-state index contributed by atoms with van der Waals surface area (Å²) in [6.45, 7) is 1.59. The second-order valence-electron chi connectivity index (χ2n) is 4.52. The fraction of sp³-hybridized carbons (Fsp3) is 0.0714. The number of aromatic amines is 1. The number of carbonyl (C=O) groups excluding carboxylic acids is 1. The second kappa shape index (κ2) is 5.30. The highest BCUT2D eigenvalue weighted by Gasteiger charge is 2.20. The summed E-state index contributed by atoms with van der Waals surface area (Å²) in [5.41, 5.74) is -0.468. The van der Waals surface area contributed by atoms with Gasteiger partial charge in [-0.15, -0.1) is 11.3 Å². The molecule has 1 amide bonds. The molecule has 3 rings (SSSR count). The molecule has 0 atom stereocenters. The van der Waals surface area contributed by atoms with Crippen molar-refractivity contribution in [1.82, 2.24) is 9.97 Å². The van der Waals surface area contributed by atoms with Gasteiger partial charge < -0.3 is 10.3 Å². The monoisotopic (exact) mass is 321 g/mol. The van der Waals surface area contributed by atoms with Gasteiger partial charge in [0.2, 0.25) is 0 Å². The minimum atomic E-state index is -0.872. The molecule has 0 saturated carbocycles. The Labute approximate surface area is 126 Å². The number of hydrogen-bond acceptors (Lipinski definition) is 4. The molecule has 2 heterocycles. The van der Waals surface area contributed by atoms with E-state index < -0.39 is 23.2 Å². The Hall–Kier alpha value is -2.61. The summed E-state index contributed by atoms with van der Waals surface area (Å²) in [4.78, 5) is 31.0. The molecule has 0 bridgehead atoms. The summed E-state index contributed by atoms with van der Waals surface area (Å²) < 4.78 is 27.2. The first-order valence-electron chi connectivity index (χ1n) is 6.21. The van der Waals surface area contributed by atoms with E-state index in [1.165, 1.54) is 12.4 Å². The SMILES string of the molecule is Cc1c(C(=O)Nc2c(F)cccc2F)sc2nc[nH]c(=O)c12. The average Bonchev–Trinajstić information content (AvgIpc) is 2.81. The van der Waals surface area contributed by atoms with Crippen LogP contribution in [0.25, 0.3) is 10.2 Å². The van der Waals surface area contributed by atoms with Crippen LogP contribution < -0.4 is 10.9 Å². The Morgan fingerprint density at radius 2 is 2.00 bits per heavy atom. The van der Waals surface area contributed by atoms with E-state index in [4.69, 9.17) is 0 Å². The highest BCUT2D eigenvalue weighted by Crippen LogP contribution is 2.28. The number of fused-ring (bicyclic) bond motifs is 1. The molecule has 5 nitrogen and oxygen atoms in total. The zero-order chi connectivity index (χ0) is 15.9. The van der Waals surface area contributed by atoms with Crippen LogP contribution in [0.1, 0.15) is 15.2 Å². The van der Waals surface area contributed by atoms with Gasteiger partial charge in [-0.25, -0.2) is 13.8 Å².